The maximum atomic E-state index is 6.02. The van der Waals surface area contributed by atoms with E-state index in [0.717, 1.165) is 41.2 Å². The molecule has 5 unspecified atom stereocenters. The van der Waals surface area contributed by atoms with Gasteiger partial charge in [0.25, 0.3) is 0 Å². The summed E-state index contributed by atoms with van der Waals surface area (Å²) in [5.74, 6) is 5.22. The predicted molar refractivity (Wildman–Crippen MR) is 88.5 cm³/mol. The quantitative estimate of drug-likeness (QED) is 0.813. The zero-order valence-electron chi connectivity index (χ0n) is 12.9. The van der Waals surface area contributed by atoms with Crippen molar-refractivity contribution in [1.29, 1.82) is 0 Å². The van der Waals surface area contributed by atoms with Crippen LogP contribution in [0.5, 0.6) is 0 Å². The van der Waals surface area contributed by atoms with Gasteiger partial charge in [0.15, 0.2) is 0 Å². The van der Waals surface area contributed by atoms with Gasteiger partial charge in [-0.1, -0.05) is 30.7 Å². The van der Waals surface area contributed by atoms with E-state index in [1.807, 2.05) is 12.1 Å². The highest BCUT2D eigenvalue weighted by Gasteiger charge is 2.66. The highest BCUT2D eigenvalue weighted by atomic mass is 35.5. The van der Waals surface area contributed by atoms with E-state index in [1.165, 1.54) is 31.2 Å². The van der Waals surface area contributed by atoms with Crippen LogP contribution in [0.25, 0.3) is 0 Å². The molecule has 1 nitrogen and oxygen atoms in total. The molecule has 114 valence electrons. The molecule has 0 amide bonds. The molecule has 0 spiro atoms. The molecule has 0 saturated heterocycles. The standard InChI is InChI=1S/C19H26ClN/c1-2-9-21-16(10-12-3-7-15(20)8-4-12)19-17-13-5-6-14(11-13)18(17)19/h3-4,7-8,13-14,16-19,21H,2,5-6,9-11H2,1H3. The van der Waals surface area contributed by atoms with Gasteiger partial charge in [-0.2, -0.15) is 0 Å². The van der Waals surface area contributed by atoms with Crippen molar-refractivity contribution in [2.24, 2.45) is 29.6 Å². The van der Waals surface area contributed by atoms with Crippen molar-refractivity contribution in [2.45, 2.75) is 45.1 Å². The van der Waals surface area contributed by atoms with Gasteiger partial charge in [-0.3, -0.25) is 0 Å². The highest BCUT2D eigenvalue weighted by Crippen LogP contribution is 2.70. The molecule has 3 aliphatic carbocycles. The summed E-state index contributed by atoms with van der Waals surface area (Å²) in [4.78, 5) is 0. The fourth-order valence-corrected chi connectivity index (χ4v) is 5.60. The molecule has 1 aromatic carbocycles. The van der Waals surface area contributed by atoms with Crippen LogP contribution in [0.4, 0.5) is 0 Å². The Morgan fingerprint density at radius 2 is 1.81 bits per heavy atom. The Kier molecular flexibility index (Phi) is 3.75. The molecule has 4 rings (SSSR count). The van der Waals surface area contributed by atoms with Crippen LogP contribution in [0, 0.1) is 29.6 Å². The lowest BCUT2D eigenvalue weighted by atomic mass is 9.93. The minimum Gasteiger partial charge on any atom is -0.313 e. The van der Waals surface area contributed by atoms with Crippen molar-refractivity contribution < 1.29 is 0 Å². The van der Waals surface area contributed by atoms with Crippen molar-refractivity contribution in [3.63, 3.8) is 0 Å². The summed E-state index contributed by atoms with van der Waals surface area (Å²) >= 11 is 6.02. The lowest BCUT2D eigenvalue weighted by molar-refractivity contribution is 0.361. The second-order valence-electron chi connectivity index (χ2n) is 7.46. The first-order valence-electron chi connectivity index (χ1n) is 8.75. The van der Waals surface area contributed by atoms with E-state index in [9.17, 15) is 0 Å². The van der Waals surface area contributed by atoms with Gasteiger partial charge in [0.05, 0.1) is 0 Å². The van der Waals surface area contributed by atoms with Crippen molar-refractivity contribution in [3.8, 4) is 0 Å². The average Bonchev–Trinajstić information content (AvgIpc) is 2.92. The molecule has 0 heterocycles. The van der Waals surface area contributed by atoms with Crippen LogP contribution in [0.1, 0.15) is 38.2 Å². The topological polar surface area (TPSA) is 12.0 Å². The molecule has 3 fully saturated rings. The van der Waals surface area contributed by atoms with E-state index in [0.29, 0.717) is 6.04 Å². The molecule has 2 heteroatoms. The Labute approximate surface area is 133 Å². The Bertz CT molecular complexity index is 481. The monoisotopic (exact) mass is 303 g/mol. The lowest BCUT2D eigenvalue weighted by Gasteiger charge is -2.22. The first-order valence-corrected chi connectivity index (χ1v) is 9.13. The second kappa shape index (κ2) is 5.59. The normalized spacial score (nSPS) is 37.5. The van der Waals surface area contributed by atoms with Crippen LogP contribution in [0.3, 0.4) is 0 Å². The minimum atomic E-state index is 0.685. The molecule has 1 aromatic rings. The van der Waals surface area contributed by atoms with Gasteiger partial charge in [0.2, 0.25) is 0 Å². The van der Waals surface area contributed by atoms with Crippen LogP contribution in [0.15, 0.2) is 24.3 Å². The predicted octanol–water partition coefficient (Wildman–Crippen LogP) is 4.54. The van der Waals surface area contributed by atoms with Crippen LogP contribution < -0.4 is 5.32 Å². The van der Waals surface area contributed by atoms with Gasteiger partial charge >= 0.3 is 0 Å². The van der Waals surface area contributed by atoms with Gasteiger partial charge in [-0.05, 0) is 85.9 Å². The summed E-state index contributed by atoms with van der Waals surface area (Å²) in [6, 6.07) is 9.16. The van der Waals surface area contributed by atoms with E-state index in [2.05, 4.69) is 24.4 Å². The second-order valence-corrected chi connectivity index (χ2v) is 7.89. The molecular weight excluding hydrogens is 278 g/mol. The Balaban J connectivity index is 1.46. The summed E-state index contributed by atoms with van der Waals surface area (Å²) in [7, 11) is 0. The SMILES string of the molecule is CCCNC(Cc1ccc(Cl)cc1)C1C2C3CCC(C3)C21. The van der Waals surface area contributed by atoms with Crippen LogP contribution in [-0.4, -0.2) is 12.6 Å². The number of hydrogen-bond acceptors (Lipinski definition) is 1. The molecular formula is C19H26ClN. The Hall–Kier alpha value is -0.530. The van der Waals surface area contributed by atoms with Crippen molar-refractivity contribution in [2.75, 3.05) is 6.54 Å². The van der Waals surface area contributed by atoms with E-state index in [-0.39, 0.29) is 0 Å². The minimum absolute atomic E-state index is 0.685. The van der Waals surface area contributed by atoms with Crippen LogP contribution in [0.2, 0.25) is 5.02 Å². The first-order chi connectivity index (χ1) is 10.3. The highest BCUT2D eigenvalue weighted by molar-refractivity contribution is 6.30. The maximum absolute atomic E-state index is 6.02. The molecule has 0 aliphatic heterocycles. The average molecular weight is 304 g/mol. The van der Waals surface area contributed by atoms with Gasteiger partial charge in [-0.15, -0.1) is 0 Å². The third-order valence-corrected chi connectivity index (χ3v) is 6.54. The van der Waals surface area contributed by atoms with Gasteiger partial charge < -0.3 is 5.32 Å². The first kappa shape index (κ1) is 14.1. The maximum Gasteiger partial charge on any atom is 0.0406 e. The van der Waals surface area contributed by atoms with E-state index in [1.54, 1.807) is 6.42 Å². The van der Waals surface area contributed by atoms with Gasteiger partial charge in [0.1, 0.15) is 0 Å². The third-order valence-electron chi connectivity index (χ3n) is 6.28. The summed E-state index contributed by atoms with van der Waals surface area (Å²) < 4.78 is 0. The molecule has 1 N–H and O–H groups in total. The third kappa shape index (κ3) is 2.53. The number of hydrogen-bond donors (Lipinski definition) is 1. The molecule has 5 atom stereocenters. The summed E-state index contributed by atoms with van der Waals surface area (Å²) in [6.07, 6.45) is 6.99. The van der Waals surface area contributed by atoms with Crippen molar-refractivity contribution in [3.05, 3.63) is 34.9 Å². The smallest absolute Gasteiger partial charge is 0.0406 e. The number of nitrogens with one attached hydrogen (secondary N) is 1. The molecule has 0 aromatic heterocycles. The summed E-state index contributed by atoms with van der Waals surface area (Å²) in [6.45, 7) is 3.42. The molecule has 2 bridgehead atoms. The molecule has 3 aliphatic rings. The largest absolute Gasteiger partial charge is 0.313 e. The molecule has 0 radical (unpaired) electrons. The molecule has 21 heavy (non-hydrogen) atoms. The summed E-state index contributed by atoms with van der Waals surface area (Å²) in [5, 5.41) is 4.70. The fourth-order valence-electron chi connectivity index (χ4n) is 5.48. The van der Waals surface area contributed by atoms with Crippen molar-refractivity contribution >= 4 is 11.6 Å². The lowest BCUT2D eigenvalue weighted by Crippen LogP contribution is -2.35. The van der Waals surface area contributed by atoms with Gasteiger partial charge in [-0.25, -0.2) is 0 Å². The number of benzene rings is 1. The fraction of sp³-hybridized carbons (Fsp3) is 0.684. The van der Waals surface area contributed by atoms with Crippen molar-refractivity contribution in [1.82, 2.24) is 5.32 Å². The van der Waals surface area contributed by atoms with E-state index >= 15 is 0 Å². The molecule has 3 saturated carbocycles. The van der Waals surface area contributed by atoms with Crippen LogP contribution >= 0.6 is 11.6 Å². The summed E-state index contributed by atoms with van der Waals surface area (Å²) in [5.41, 5.74) is 1.44. The number of halogens is 1. The number of rotatable bonds is 6. The van der Waals surface area contributed by atoms with E-state index < -0.39 is 0 Å². The Morgan fingerprint density at radius 1 is 1.14 bits per heavy atom. The zero-order chi connectivity index (χ0) is 14.4. The van der Waals surface area contributed by atoms with Crippen LogP contribution in [-0.2, 0) is 6.42 Å². The zero-order valence-corrected chi connectivity index (χ0v) is 13.7. The Morgan fingerprint density at radius 3 is 2.43 bits per heavy atom. The van der Waals surface area contributed by atoms with E-state index in [4.69, 9.17) is 11.6 Å². The van der Waals surface area contributed by atoms with Gasteiger partial charge in [0, 0.05) is 11.1 Å². The number of fused-ring (bicyclic) bond motifs is 5.